The number of rotatable bonds is 8. The Morgan fingerprint density at radius 2 is 1.33 bits per heavy atom. The number of nitrogens with one attached hydrogen (secondary N) is 2. The molecule has 0 saturated heterocycles. The number of benzene rings is 2. The summed E-state index contributed by atoms with van der Waals surface area (Å²) in [5, 5.41) is 6.04. The number of likely N-dealkylation sites (N-methyl/N-ethyl adjacent to an activating group) is 1. The van der Waals surface area contributed by atoms with Gasteiger partial charge in [0.2, 0.25) is 11.8 Å². The molecule has 162 valence electrons. The van der Waals surface area contributed by atoms with Crippen LogP contribution >= 0.6 is 0 Å². The van der Waals surface area contributed by atoms with Crippen LogP contribution in [0.4, 0.5) is 11.4 Å². The molecule has 5 nitrogen and oxygen atoms in total. The first-order chi connectivity index (χ1) is 14.1. The maximum Gasteiger partial charge on any atom is 0.238 e. The molecule has 0 aliphatic heterocycles. The normalized spacial score (nSPS) is 11.3. The third-order valence-corrected chi connectivity index (χ3v) is 5.34. The van der Waals surface area contributed by atoms with E-state index >= 15 is 0 Å². The van der Waals surface area contributed by atoms with Gasteiger partial charge in [0.05, 0.1) is 13.1 Å². The summed E-state index contributed by atoms with van der Waals surface area (Å²) in [6.07, 6.45) is 0. The zero-order valence-electron chi connectivity index (χ0n) is 19.3. The van der Waals surface area contributed by atoms with Crippen molar-refractivity contribution >= 4 is 23.2 Å². The minimum absolute atomic E-state index is 0.118. The average Bonchev–Trinajstić information content (AvgIpc) is 2.64. The first kappa shape index (κ1) is 23.6. The third-order valence-electron chi connectivity index (χ3n) is 5.34. The van der Waals surface area contributed by atoms with Crippen molar-refractivity contribution in [3.63, 3.8) is 0 Å². The Hall–Kier alpha value is -2.66. The highest BCUT2D eigenvalue weighted by atomic mass is 16.2. The molecule has 0 aromatic heterocycles. The SMILES string of the molecule is Cc1cccc(NC(=O)CN(C)CC(=O)Nc2c(C(C)C)cccc2C(C)C)c1C. The predicted molar refractivity (Wildman–Crippen MR) is 125 cm³/mol. The maximum absolute atomic E-state index is 12.7. The number of aryl methyl sites for hydroxylation is 1. The van der Waals surface area contributed by atoms with E-state index in [1.165, 1.54) is 0 Å². The number of hydrogen-bond donors (Lipinski definition) is 2. The molecule has 2 aromatic carbocycles. The van der Waals surface area contributed by atoms with Crippen LogP contribution in [0.3, 0.4) is 0 Å². The van der Waals surface area contributed by atoms with E-state index in [9.17, 15) is 9.59 Å². The van der Waals surface area contributed by atoms with E-state index in [-0.39, 0.29) is 24.9 Å². The minimum Gasteiger partial charge on any atom is -0.325 e. The highest BCUT2D eigenvalue weighted by Gasteiger charge is 2.17. The van der Waals surface area contributed by atoms with E-state index in [1.807, 2.05) is 38.1 Å². The molecule has 0 radical (unpaired) electrons. The summed E-state index contributed by atoms with van der Waals surface area (Å²) < 4.78 is 0. The fourth-order valence-corrected chi connectivity index (χ4v) is 3.50. The first-order valence-electron chi connectivity index (χ1n) is 10.6. The average molecular weight is 410 g/mol. The molecular weight excluding hydrogens is 374 g/mol. The van der Waals surface area contributed by atoms with Crippen molar-refractivity contribution in [1.29, 1.82) is 0 Å². The molecule has 30 heavy (non-hydrogen) atoms. The minimum atomic E-state index is -0.135. The summed E-state index contributed by atoms with van der Waals surface area (Å²) >= 11 is 0. The van der Waals surface area contributed by atoms with E-state index in [0.29, 0.717) is 11.8 Å². The number of para-hydroxylation sites is 1. The topological polar surface area (TPSA) is 61.4 Å². The van der Waals surface area contributed by atoms with Gasteiger partial charge in [-0.3, -0.25) is 14.5 Å². The van der Waals surface area contributed by atoms with Crippen LogP contribution in [0.1, 0.15) is 61.8 Å². The van der Waals surface area contributed by atoms with Crippen molar-refractivity contribution in [3.05, 3.63) is 58.7 Å². The van der Waals surface area contributed by atoms with E-state index in [2.05, 4.69) is 50.5 Å². The Morgan fingerprint density at radius 3 is 1.87 bits per heavy atom. The molecule has 0 atom stereocenters. The van der Waals surface area contributed by atoms with Gasteiger partial charge in [-0.05, 0) is 61.1 Å². The van der Waals surface area contributed by atoms with Crippen LogP contribution < -0.4 is 10.6 Å². The lowest BCUT2D eigenvalue weighted by Crippen LogP contribution is -2.36. The monoisotopic (exact) mass is 409 g/mol. The molecule has 0 aliphatic rings. The highest BCUT2D eigenvalue weighted by molar-refractivity contribution is 5.96. The molecule has 2 N–H and O–H groups in total. The zero-order chi connectivity index (χ0) is 22.4. The molecule has 0 spiro atoms. The van der Waals surface area contributed by atoms with Gasteiger partial charge in [-0.2, -0.15) is 0 Å². The number of carbonyl (C=O) groups is 2. The molecule has 2 amide bonds. The summed E-state index contributed by atoms with van der Waals surface area (Å²) in [5.41, 5.74) is 6.16. The Bertz CT molecular complexity index is 877. The second-order valence-corrected chi connectivity index (χ2v) is 8.64. The van der Waals surface area contributed by atoms with Crippen molar-refractivity contribution in [2.75, 3.05) is 30.8 Å². The molecule has 2 rings (SSSR count). The molecule has 0 saturated carbocycles. The molecule has 0 heterocycles. The van der Waals surface area contributed by atoms with Crippen LogP contribution in [0, 0.1) is 13.8 Å². The molecule has 0 aliphatic carbocycles. The molecule has 0 bridgehead atoms. The van der Waals surface area contributed by atoms with E-state index in [1.54, 1.807) is 11.9 Å². The lowest BCUT2D eigenvalue weighted by molar-refractivity contribution is -0.119. The first-order valence-corrected chi connectivity index (χ1v) is 10.6. The molecular formula is C25H35N3O2. The van der Waals surface area contributed by atoms with Crippen LogP contribution in [-0.4, -0.2) is 36.9 Å². The van der Waals surface area contributed by atoms with Gasteiger partial charge in [-0.1, -0.05) is 58.0 Å². The number of nitrogens with zero attached hydrogens (tertiary/aromatic N) is 1. The van der Waals surface area contributed by atoms with E-state index in [4.69, 9.17) is 0 Å². The van der Waals surface area contributed by atoms with Crippen molar-refractivity contribution in [1.82, 2.24) is 4.90 Å². The van der Waals surface area contributed by atoms with Crippen LogP contribution in [-0.2, 0) is 9.59 Å². The Balaban J connectivity index is 2.01. The lowest BCUT2D eigenvalue weighted by Gasteiger charge is -2.22. The van der Waals surface area contributed by atoms with Crippen LogP contribution in [0.15, 0.2) is 36.4 Å². The summed E-state index contributed by atoms with van der Waals surface area (Å²) in [4.78, 5) is 26.9. The third kappa shape index (κ3) is 6.17. The van der Waals surface area contributed by atoms with Crippen molar-refractivity contribution < 1.29 is 9.59 Å². The van der Waals surface area contributed by atoms with E-state index < -0.39 is 0 Å². The standard InChI is InChI=1S/C25H35N3O2/c1-16(2)20-11-9-12-21(17(3)4)25(20)27-24(30)15-28(7)14-23(29)26-22-13-8-10-18(5)19(22)6/h8-13,16-17H,14-15H2,1-7H3,(H,26,29)(H,27,30). The van der Waals surface area contributed by atoms with Gasteiger partial charge in [0.1, 0.15) is 0 Å². The molecule has 2 aromatic rings. The second-order valence-electron chi connectivity index (χ2n) is 8.64. The summed E-state index contributed by atoms with van der Waals surface area (Å²) in [6, 6.07) is 12.0. The molecule has 0 fully saturated rings. The number of amides is 2. The number of carbonyl (C=O) groups excluding carboxylic acids is 2. The van der Waals surface area contributed by atoms with E-state index in [0.717, 1.165) is 33.6 Å². The van der Waals surface area contributed by atoms with Crippen LogP contribution in [0.5, 0.6) is 0 Å². The fourth-order valence-electron chi connectivity index (χ4n) is 3.50. The van der Waals surface area contributed by atoms with Crippen LogP contribution in [0.2, 0.25) is 0 Å². The van der Waals surface area contributed by atoms with Gasteiger partial charge < -0.3 is 10.6 Å². The number of anilines is 2. The van der Waals surface area contributed by atoms with Gasteiger partial charge >= 0.3 is 0 Å². The van der Waals surface area contributed by atoms with Gasteiger partial charge in [-0.25, -0.2) is 0 Å². The zero-order valence-corrected chi connectivity index (χ0v) is 19.3. The quantitative estimate of drug-likeness (QED) is 0.641. The summed E-state index contributed by atoms with van der Waals surface area (Å²) in [6.45, 7) is 12.8. The largest absolute Gasteiger partial charge is 0.325 e. The van der Waals surface area contributed by atoms with Crippen molar-refractivity contribution in [2.45, 2.75) is 53.4 Å². The molecule has 5 heteroatoms. The Morgan fingerprint density at radius 1 is 0.833 bits per heavy atom. The van der Waals surface area contributed by atoms with Gasteiger partial charge in [0, 0.05) is 11.4 Å². The maximum atomic E-state index is 12.7. The lowest BCUT2D eigenvalue weighted by atomic mass is 9.92. The van der Waals surface area contributed by atoms with Crippen LogP contribution in [0.25, 0.3) is 0 Å². The van der Waals surface area contributed by atoms with Crippen molar-refractivity contribution in [3.8, 4) is 0 Å². The number of hydrogen-bond acceptors (Lipinski definition) is 3. The van der Waals surface area contributed by atoms with Crippen molar-refractivity contribution in [2.24, 2.45) is 0 Å². The van der Waals surface area contributed by atoms with Gasteiger partial charge in [0.15, 0.2) is 0 Å². The highest BCUT2D eigenvalue weighted by Crippen LogP contribution is 2.32. The summed E-state index contributed by atoms with van der Waals surface area (Å²) in [7, 11) is 1.78. The molecule has 0 unspecified atom stereocenters. The predicted octanol–water partition coefficient (Wildman–Crippen LogP) is 5.06. The Labute approximate surface area is 180 Å². The smallest absolute Gasteiger partial charge is 0.238 e. The second kappa shape index (κ2) is 10.4. The fraction of sp³-hybridized carbons (Fsp3) is 0.440. The summed E-state index contributed by atoms with van der Waals surface area (Å²) in [5.74, 6) is 0.358. The van der Waals surface area contributed by atoms with Gasteiger partial charge in [0.25, 0.3) is 0 Å². The Kier molecular flexibility index (Phi) is 8.18. The van der Waals surface area contributed by atoms with Gasteiger partial charge in [-0.15, -0.1) is 0 Å².